The van der Waals surface area contributed by atoms with Gasteiger partial charge in [-0.3, -0.25) is 0 Å². The highest BCUT2D eigenvalue weighted by Crippen LogP contribution is 2.47. The molecular formula is C12H13NO2. The number of hydrogen-bond acceptors (Lipinski definition) is 3. The Bertz CT molecular complexity index is 409. The molecule has 3 heteroatoms. The predicted octanol–water partition coefficient (Wildman–Crippen LogP) is 1.66. The largest absolute Gasteiger partial charge is 0.495 e. The van der Waals surface area contributed by atoms with Gasteiger partial charge in [-0.1, -0.05) is 6.07 Å². The van der Waals surface area contributed by atoms with Crippen molar-refractivity contribution in [3.8, 4) is 11.8 Å². The molecule has 1 fully saturated rings. The van der Waals surface area contributed by atoms with Gasteiger partial charge in [0.25, 0.3) is 0 Å². The zero-order valence-corrected chi connectivity index (χ0v) is 8.60. The molecule has 0 amide bonds. The first-order valence-electron chi connectivity index (χ1n) is 4.99. The highest BCUT2D eigenvalue weighted by atomic mass is 16.5. The maximum absolute atomic E-state index is 8.98. The number of aliphatic hydroxyl groups is 1. The van der Waals surface area contributed by atoms with Crippen molar-refractivity contribution in [2.24, 2.45) is 5.92 Å². The monoisotopic (exact) mass is 203 g/mol. The van der Waals surface area contributed by atoms with E-state index in [-0.39, 0.29) is 6.61 Å². The van der Waals surface area contributed by atoms with E-state index >= 15 is 0 Å². The van der Waals surface area contributed by atoms with Crippen molar-refractivity contribution in [3.05, 3.63) is 29.3 Å². The summed E-state index contributed by atoms with van der Waals surface area (Å²) in [6.07, 6.45) is 1.02. The van der Waals surface area contributed by atoms with Crippen molar-refractivity contribution in [2.45, 2.75) is 12.3 Å². The van der Waals surface area contributed by atoms with E-state index in [1.165, 1.54) is 0 Å². The summed E-state index contributed by atoms with van der Waals surface area (Å²) in [5.41, 5.74) is 1.70. The molecule has 0 saturated heterocycles. The molecule has 1 aliphatic rings. The van der Waals surface area contributed by atoms with E-state index in [0.29, 0.717) is 23.1 Å². The zero-order chi connectivity index (χ0) is 10.8. The summed E-state index contributed by atoms with van der Waals surface area (Å²) >= 11 is 0. The van der Waals surface area contributed by atoms with Gasteiger partial charge in [-0.2, -0.15) is 5.26 Å². The normalized spacial score (nSPS) is 23.3. The second-order valence-corrected chi connectivity index (χ2v) is 3.86. The van der Waals surface area contributed by atoms with Gasteiger partial charge >= 0.3 is 0 Å². The van der Waals surface area contributed by atoms with Crippen LogP contribution in [0.25, 0.3) is 0 Å². The van der Waals surface area contributed by atoms with E-state index in [1.807, 2.05) is 18.2 Å². The highest BCUT2D eigenvalue weighted by Gasteiger charge is 2.37. The van der Waals surface area contributed by atoms with Crippen LogP contribution in [0.5, 0.6) is 5.75 Å². The number of methoxy groups -OCH3 is 1. The van der Waals surface area contributed by atoms with Crippen LogP contribution < -0.4 is 4.74 Å². The van der Waals surface area contributed by atoms with Crippen LogP contribution in [0.15, 0.2) is 18.2 Å². The maximum atomic E-state index is 8.98. The van der Waals surface area contributed by atoms with Crippen LogP contribution in [-0.4, -0.2) is 18.8 Å². The first kappa shape index (κ1) is 10.0. The molecule has 3 nitrogen and oxygen atoms in total. The molecule has 78 valence electrons. The molecule has 1 saturated carbocycles. The lowest BCUT2D eigenvalue weighted by Gasteiger charge is -2.05. The molecule has 0 spiro atoms. The predicted molar refractivity (Wildman–Crippen MR) is 55.6 cm³/mol. The Hall–Kier alpha value is -1.53. The minimum absolute atomic E-state index is 0.235. The van der Waals surface area contributed by atoms with Crippen molar-refractivity contribution < 1.29 is 9.84 Å². The highest BCUT2D eigenvalue weighted by molar-refractivity contribution is 5.47. The van der Waals surface area contributed by atoms with E-state index in [4.69, 9.17) is 15.1 Å². The average Bonchev–Trinajstić information content (AvgIpc) is 3.07. The van der Waals surface area contributed by atoms with Crippen LogP contribution in [0, 0.1) is 17.2 Å². The molecule has 2 unspecified atom stereocenters. The van der Waals surface area contributed by atoms with Gasteiger partial charge in [0.15, 0.2) is 0 Å². The van der Waals surface area contributed by atoms with Crippen LogP contribution in [0.2, 0.25) is 0 Å². The number of ether oxygens (including phenoxy) is 1. The first-order chi connectivity index (χ1) is 7.30. The van der Waals surface area contributed by atoms with Gasteiger partial charge in [-0.25, -0.2) is 0 Å². The Morgan fingerprint density at radius 3 is 2.93 bits per heavy atom. The Kier molecular flexibility index (Phi) is 2.61. The number of nitriles is 1. The third-order valence-corrected chi connectivity index (χ3v) is 2.93. The van der Waals surface area contributed by atoms with Crippen LogP contribution in [0.1, 0.15) is 23.5 Å². The topological polar surface area (TPSA) is 53.2 Å². The molecule has 1 aromatic rings. The van der Waals surface area contributed by atoms with Gasteiger partial charge in [-0.05, 0) is 36.0 Å². The first-order valence-corrected chi connectivity index (χ1v) is 4.99. The quantitative estimate of drug-likeness (QED) is 0.812. The van der Waals surface area contributed by atoms with Crippen molar-refractivity contribution in [3.63, 3.8) is 0 Å². The fourth-order valence-corrected chi connectivity index (χ4v) is 1.90. The Balaban J connectivity index is 2.25. The van der Waals surface area contributed by atoms with Gasteiger partial charge in [0.2, 0.25) is 0 Å². The van der Waals surface area contributed by atoms with E-state index in [9.17, 15) is 0 Å². The summed E-state index contributed by atoms with van der Waals surface area (Å²) in [6.45, 7) is 0.235. The van der Waals surface area contributed by atoms with Gasteiger partial charge in [0, 0.05) is 6.61 Å². The minimum Gasteiger partial charge on any atom is -0.495 e. The fourth-order valence-electron chi connectivity index (χ4n) is 1.90. The van der Waals surface area contributed by atoms with Crippen LogP contribution in [-0.2, 0) is 0 Å². The van der Waals surface area contributed by atoms with Crippen molar-refractivity contribution >= 4 is 0 Å². The van der Waals surface area contributed by atoms with E-state index in [1.54, 1.807) is 7.11 Å². The second kappa shape index (κ2) is 3.92. The van der Waals surface area contributed by atoms with E-state index < -0.39 is 0 Å². The zero-order valence-electron chi connectivity index (χ0n) is 8.60. The molecule has 2 rings (SSSR count). The van der Waals surface area contributed by atoms with Crippen molar-refractivity contribution in [2.75, 3.05) is 13.7 Å². The average molecular weight is 203 g/mol. The molecule has 1 aromatic carbocycles. The van der Waals surface area contributed by atoms with Crippen molar-refractivity contribution in [1.29, 1.82) is 5.26 Å². The molecule has 0 heterocycles. The number of benzene rings is 1. The molecule has 1 aliphatic carbocycles. The Labute approximate surface area is 88.9 Å². The molecule has 2 atom stereocenters. The third kappa shape index (κ3) is 1.81. The molecule has 1 N–H and O–H groups in total. The number of hydrogen-bond donors (Lipinski definition) is 1. The Morgan fingerprint density at radius 2 is 2.40 bits per heavy atom. The van der Waals surface area contributed by atoms with Crippen LogP contribution in [0.3, 0.4) is 0 Å². The smallest absolute Gasteiger partial charge is 0.136 e. The molecule has 0 bridgehead atoms. The lowest BCUT2D eigenvalue weighted by molar-refractivity contribution is 0.274. The standard InChI is InChI=1S/C12H13NO2/c1-15-12-3-2-8(4-9(12)6-13)11-5-10(11)7-14/h2-4,10-11,14H,5,7H2,1H3. The number of nitrogens with zero attached hydrogens (tertiary/aromatic N) is 1. The summed E-state index contributed by atoms with van der Waals surface area (Å²) in [5, 5.41) is 17.9. The van der Waals surface area contributed by atoms with E-state index in [2.05, 4.69) is 6.07 Å². The summed E-state index contributed by atoms with van der Waals surface area (Å²) < 4.78 is 5.07. The molecule has 0 aromatic heterocycles. The molecule has 0 aliphatic heterocycles. The fraction of sp³-hybridized carbons (Fsp3) is 0.417. The molecule has 15 heavy (non-hydrogen) atoms. The third-order valence-electron chi connectivity index (χ3n) is 2.93. The van der Waals surface area contributed by atoms with Crippen LogP contribution >= 0.6 is 0 Å². The van der Waals surface area contributed by atoms with Gasteiger partial charge in [0.05, 0.1) is 12.7 Å². The minimum atomic E-state index is 0.235. The van der Waals surface area contributed by atoms with Gasteiger partial charge in [0.1, 0.15) is 11.8 Å². The summed E-state index contributed by atoms with van der Waals surface area (Å²) in [6, 6.07) is 7.77. The lowest BCUT2D eigenvalue weighted by Crippen LogP contribution is -1.92. The number of aliphatic hydroxyl groups excluding tert-OH is 1. The number of rotatable bonds is 3. The van der Waals surface area contributed by atoms with Crippen molar-refractivity contribution in [1.82, 2.24) is 0 Å². The molecular weight excluding hydrogens is 190 g/mol. The van der Waals surface area contributed by atoms with E-state index in [0.717, 1.165) is 12.0 Å². The maximum Gasteiger partial charge on any atom is 0.136 e. The second-order valence-electron chi connectivity index (χ2n) is 3.86. The van der Waals surface area contributed by atoms with Crippen LogP contribution in [0.4, 0.5) is 0 Å². The summed E-state index contributed by atoms with van der Waals surface area (Å²) in [4.78, 5) is 0. The Morgan fingerprint density at radius 1 is 1.60 bits per heavy atom. The van der Waals surface area contributed by atoms with Gasteiger partial charge in [-0.15, -0.1) is 0 Å². The van der Waals surface area contributed by atoms with Gasteiger partial charge < -0.3 is 9.84 Å². The SMILES string of the molecule is COc1ccc(C2CC2CO)cc1C#N. The molecule has 0 radical (unpaired) electrons. The lowest BCUT2D eigenvalue weighted by atomic mass is 10.1. The summed E-state index contributed by atoms with van der Waals surface area (Å²) in [7, 11) is 1.56. The summed E-state index contributed by atoms with van der Waals surface area (Å²) in [5.74, 6) is 1.42.